The zero-order valence-corrected chi connectivity index (χ0v) is 22.3. The van der Waals surface area contributed by atoms with Gasteiger partial charge in [-0.05, 0) is 55.1 Å². The van der Waals surface area contributed by atoms with Crippen molar-refractivity contribution in [3.8, 4) is 5.75 Å². The number of hydrogen-bond donors (Lipinski definition) is 1. The Hall–Kier alpha value is -2.09. The zero-order chi connectivity index (χ0) is 25.6. The summed E-state index contributed by atoms with van der Waals surface area (Å²) in [4.78, 5) is 16.1. The van der Waals surface area contributed by atoms with Crippen LogP contribution < -0.4 is 0 Å². The van der Waals surface area contributed by atoms with E-state index in [1.807, 2.05) is 54.9 Å². The molecule has 2 aromatic carbocycles. The fraction of sp³-hybridized carbons (Fsp3) is 0.318. The van der Waals surface area contributed by atoms with Crippen molar-refractivity contribution < 1.29 is 32.2 Å². The number of aromatic nitrogens is 1. The molecule has 3 rings (SSSR count). The lowest BCUT2D eigenvalue weighted by molar-refractivity contribution is 0.0527. The molecule has 0 aliphatic carbocycles. The summed E-state index contributed by atoms with van der Waals surface area (Å²) in [6, 6.07) is 12.0. The second-order valence-electron chi connectivity index (χ2n) is 7.43. The number of halogens is 1. The lowest BCUT2D eigenvalue weighted by atomic mass is 10.0. The Morgan fingerprint density at radius 2 is 1.82 bits per heavy atom. The summed E-state index contributed by atoms with van der Waals surface area (Å²) in [5, 5.41) is 11.5. The number of fused-ring (bicyclic) bond motifs is 1. The van der Waals surface area contributed by atoms with Gasteiger partial charge in [0.1, 0.15) is 5.75 Å². The minimum Gasteiger partial charge on any atom is -0.759 e. The van der Waals surface area contributed by atoms with Crippen molar-refractivity contribution in [2.45, 2.75) is 24.1 Å². The van der Waals surface area contributed by atoms with E-state index in [9.17, 15) is 9.90 Å². The number of carbonyl (C=O) groups excluding carboxylic acids is 1. The zero-order valence-electron chi connectivity index (χ0n) is 19.1. The van der Waals surface area contributed by atoms with Gasteiger partial charge >= 0.3 is 5.97 Å². The lowest BCUT2D eigenvalue weighted by Gasteiger charge is -2.15. The molecule has 0 atom stereocenters. The molecule has 0 bridgehead atoms. The first-order valence-electron chi connectivity index (χ1n) is 10.0. The Morgan fingerprint density at radius 3 is 2.35 bits per heavy atom. The summed E-state index contributed by atoms with van der Waals surface area (Å²) in [6.45, 7) is 2.60. The number of thioether (sulfide) groups is 1. The number of hydrogen-bond acceptors (Lipinski definition) is 9. The second kappa shape index (κ2) is 12.0. The molecular formula is C22H25BrN2O7S2-2. The van der Waals surface area contributed by atoms with E-state index in [2.05, 4.69) is 28.1 Å². The third kappa shape index (κ3) is 7.45. The molecule has 34 heavy (non-hydrogen) atoms. The van der Waals surface area contributed by atoms with Crippen molar-refractivity contribution in [1.29, 1.82) is 0 Å². The number of esters is 1. The molecule has 0 aliphatic heterocycles. The highest BCUT2D eigenvalue weighted by molar-refractivity contribution is 9.10. The molecule has 3 aromatic rings. The van der Waals surface area contributed by atoms with Crippen LogP contribution in [0.3, 0.4) is 0 Å². The van der Waals surface area contributed by atoms with E-state index in [0.29, 0.717) is 34.5 Å². The Kier molecular flexibility index (Phi) is 9.97. The summed E-state index contributed by atoms with van der Waals surface area (Å²) in [6.07, 6.45) is 0. The molecular weight excluding hydrogens is 548 g/mol. The molecule has 0 fully saturated rings. The third-order valence-corrected chi connectivity index (χ3v) is 6.34. The first kappa shape index (κ1) is 28.1. The maximum absolute atomic E-state index is 13.0. The molecule has 0 amide bonds. The topological polar surface area (TPSA) is 135 Å². The molecule has 0 saturated carbocycles. The van der Waals surface area contributed by atoms with Crippen LogP contribution in [-0.2, 0) is 34.5 Å². The van der Waals surface area contributed by atoms with E-state index in [1.54, 1.807) is 18.7 Å². The van der Waals surface area contributed by atoms with Gasteiger partial charge in [0.25, 0.3) is 0 Å². The molecule has 0 unspecified atom stereocenters. The maximum atomic E-state index is 13.0. The Bertz CT molecular complexity index is 1250. The predicted molar refractivity (Wildman–Crippen MR) is 132 cm³/mol. The summed E-state index contributed by atoms with van der Waals surface area (Å²) in [7, 11) is 0.658. The maximum Gasteiger partial charge on any atom is 0.340 e. The van der Waals surface area contributed by atoms with Gasteiger partial charge in [-0.2, -0.15) is 0 Å². The molecule has 186 valence electrons. The van der Waals surface area contributed by atoms with Crippen LogP contribution in [0.1, 0.15) is 28.5 Å². The van der Waals surface area contributed by atoms with Crippen LogP contribution in [0.5, 0.6) is 5.75 Å². The summed E-state index contributed by atoms with van der Waals surface area (Å²) in [5.41, 5.74) is 3.02. The lowest BCUT2D eigenvalue weighted by Crippen LogP contribution is -2.13. The monoisotopic (exact) mass is 572 g/mol. The number of aromatic hydroxyl groups is 1. The average Bonchev–Trinajstić information content (AvgIpc) is 3.01. The van der Waals surface area contributed by atoms with E-state index in [-0.39, 0.29) is 11.7 Å². The van der Waals surface area contributed by atoms with Gasteiger partial charge in [-0.25, -0.2) is 4.79 Å². The first-order chi connectivity index (χ1) is 15.8. The second-order valence-corrected chi connectivity index (χ2v) is 10.1. The van der Waals surface area contributed by atoms with E-state index in [4.69, 9.17) is 22.3 Å². The standard InChI is InChI=1S/C22H25BrN2O3S.H2O4S/c1-5-28-22(27)20-18(13-29-14-9-7-6-8-10-14)25(4)17-11-16(23)21(26)15(19(17)20)12-24(2)3;1-5(2,3)4/h6-11,26H,5,12-13H2,1-4H3;(H2,1,2,3,4)/p-2. The van der Waals surface area contributed by atoms with Crippen molar-refractivity contribution >= 4 is 55.0 Å². The Balaban J connectivity index is 0.000000739. The van der Waals surface area contributed by atoms with Crippen LogP contribution in [0.15, 0.2) is 45.8 Å². The molecule has 0 saturated heterocycles. The van der Waals surface area contributed by atoms with Gasteiger partial charge in [0.15, 0.2) is 0 Å². The van der Waals surface area contributed by atoms with Crippen LogP contribution in [0, 0.1) is 0 Å². The van der Waals surface area contributed by atoms with Gasteiger partial charge < -0.3 is 28.4 Å². The number of carbonyl (C=O) groups is 1. The molecule has 9 nitrogen and oxygen atoms in total. The van der Waals surface area contributed by atoms with Crippen LogP contribution in [0.4, 0.5) is 0 Å². The first-order valence-corrected chi connectivity index (χ1v) is 13.1. The number of ether oxygens (including phenoxy) is 1. The summed E-state index contributed by atoms with van der Waals surface area (Å²) in [5.74, 6) is 0.413. The van der Waals surface area contributed by atoms with Gasteiger partial charge in [0.2, 0.25) is 0 Å². The molecule has 12 heteroatoms. The highest BCUT2D eigenvalue weighted by Crippen LogP contribution is 2.41. The largest absolute Gasteiger partial charge is 0.759 e. The normalized spacial score (nSPS) is 11.4. The van der Waals surface area contributed by atoms with Crippen molar-refractivity contribution in [3.05, 3.63) is 57.7 Å². The fourth-order valence-corrected chi connectivity index (χ4v) is 4.86. The highest BCUT2D eigenvalue weighted by Gasteiger charge is 2.27. The van der Waals surface area contributed by atoms with E-state index < -0.39 is 10.4 Å². The molecule has 1 aromatic heterocycles. The average molecular weight is 573 g/mol. The van der Waals surface area contributed by atoms with Gasteiger partial charge in [0.05, 0.1) is 22.2 Å². The van der Waals surface area contributed by atoms with Crippen LogP contribution in [-0.4, -0.2) is 58.8 Å². The Labute approximate surface area is 211 Å². The molecule has 1 N–H and O–H groups in total. The predicted octanol–water partition coefficient (Wildman–Crippen LogP) is 3.84. The minimum absolute atomic E-state index is 0.157. The van der Waals surface area contributed by atoms with Crippen LogP contribution >= 0.6 is 27.7 Å². The number of phenols is 1. The highest BCUT2D eigenvalue weighted by atomic mass is 79.9. The number of phenolic OH excluding ortho intramolecular Hbond substituents is 1. The van der Waals surface area contributed by atoms with Crippen molar-refractivity contribution in [1.82, 2.24) is 9.47 Å². The van der Waals surface area contributed by atoms with Crippen molar-refractivity contribution in [3.63, 3.8) is 0 Å². The smallest absolute Gasteiger partial charge is 0.340 e. The molecule has 0 spiro atoms. The van der Waals surface area contributed by atoms with Crippen LogP contribution in [0.25, 0.3) is 10.9 Å². The number of nitrogens with zero attached hydrogens (tertiary/aromatic N) is 2. The van der Waals surface area contributed by atoms with E-state index in [1.165, 1.54) is 0 Å². The molecule has 0 aliphatic rings. The van der Waals surface area contributed by atoms with Gasteiger partial charge in [-0.1, -0.05) is 18.2 Å². The fourth-order valence-electron chi connectivity index (χ4n) is 3.41. The number of aryl methyl sites for hydroxylation is 1. The van der Waals surface area contributed by atoms with Crippen molar-refractivity contribution in [2.75, 3.05) is 20.7 Å². The van der Waals surface area contributed by atoms with E-state index in [0.717, 1.165) is 21.5 Å². The van der Waals surface area contributed by atoms with Gasteiger partial charge in [0, 0.05) is 51.3 Å². The Morgan fingerprint density at radius 1 is 1.24 bits per heavy atom. The molecule has 0 radical (unpaired) electrons. The SMILES string of the molecule is CCOC(=O)c1c(CSc2ccccc2)n(C)c2cc(Br)c(O)c(CN(C)C)c12.O=S(=O)([O-])[O-]. The minimum atomic E-state index is -5.17. The summed E-state index contributed by atoms with van der Waals surface area (Å²) >= 11 is 5.13. The quantitative estimate of drug-likeness (QED) is 0.194. The van der Waals surface area contributed by atoms with Gasteiger partial charge in [-0.3, -0.25) is 8.42 Å². The molecule has 1 heterocycles. The van der Waals surface area contributed by atoms with Gasteiger partial charge in [-0.15, -0.1) is 11.8 Å². The summed E-state index contributed by atoms with van der Waals surface area (Å²) < 4.78 is 42.1. The van der Waals surface area contributed by atoms with Crippen LogP contribution in [0.2, 0.25) is 0 Å². The third-order valence-electron chi connectivity index (χ3n) is 4.71. The van der Waals surface area contributed by atoms with E-state index >= 15 is 0 Å². The number of rotatable bonds is 7. The van der Waals surface area contributed by atoms with Crippen molar-refractivity contribution in [2.24, 2.45) is 7.05 Å². The number of benzene rings is 2.